The van der Waals surface area contributed by atoms with Crippen molar-refractivity contribution in [1.29, 1.82) is 0 Å². The molecule has 0 saturated carbocycles. The molecule has 0 aliphatic heterocycles. The van der Waals surface area contributed by atoms with Gasteiger partial charge in [-0.15, -0.1) is 0 Å². The Morgan fingerprint density at radius 3 is 2.79 bits per heavy atom. The third-order valence-corrected chi connectivity index (χ3v) is 2.17. The van der Waals surface area contributed by atoms with Gasteiger partial charge in [0.1, 0.15) is 5.82 Å². The van der Waals surface area contributed by atoms with Gasteiger partial charge < -0.3 is 9.47 Å². The van der Waals surface area contributed by atoms with Gasteiger partial charge in [-0.1, -0.05) is 12.1 Å². The number of carbonyl (C=O) groups is 1. The van der Waals surface area contributed by atoms with E-state index in [9.17, 15) is 9.18 Å². The van der Waals surface area contributed by atoms with E-state index in [0.29, 0.717) is 19.8 Å². The topological polar surface area (TPSA) is 59.9 Å². The predicted octanol–water partition coefficient (Wildman–Crippen LogP) is 1.59. The Hall–Kier alpha value is -1.95. The van der Waals surface area contributed by atoms with Crippen molar-refractivity contribution in [1.82, 2.24) is 5.32 Å². The minimum atomic E-state index is -0.595. The van der Waals surface area contributed by atoms with E-state index < -0.39 is 11.7 Å². The highest BCUT2D eigenvalue weighted by Crippen LogP contribution is 2.05. The molecule has 1 aromatic carbocycles. The molecule has 0 aromatic heterocycles. The van der Waals surface area contributed by atoms with Gasteiger partial charge in [-0.05, 0) is 19.1 Å². The van der Waals surface area contributed by atoms with E-state index in [-0.39, 0.29) is 11.6 Å². The predicted molar refractivity (Wildman–Crippen MR) is 69.7 cm³/mol. The van der Waals surface area contributed by atoms with Crippen molar-refractivity contribution >= 4 is 11.9 Å². The summed E-state index contributed by atoms with van der Waals surface area (Å²) < 4.78 is 23.4. The molecule has 6 heteroatoms. The van der Waals surface area contributed by atoms with Gasteiger partial charge in [-0.2, -0.15) is 0 Å². The molecule has 0 spiro atoms. The molecular formula is C13H17FN2O3. The van der Waals surface area contributed by atoms with Crippen molar-refractivity contribution in [3.05, 3.63) is 35.6 Å². The zero-order valence-corrected chi connectivity index (χ0v) is 11.0. The highest BCUT2D eigenvalue weighted by atomic mass is 19.1. The van der Waals surface area contributed by atoms with Gasteiger partial charge in [0.15, 0.2) is 0 Å². The van der Waals surface area contributed by atoms with Crippen molar-refractivity contribution in [2.75, 3.05) is 26.9 Å². The van der Waals surface area contributed by atoms with Crippen LogP contribution < -0.4 is 5.32 Å². The molecular weight excluding hydrogens is 251 g/mol. The van der Waals surface area contributed by atoms with Gasteiger partial charge in [0.25, 0.3) is 11.9 Å². The van der Waals surface area contributed by atoms with Crippen molar-refractivity contribution in [3.8, 4) is 0 Å². The fourth-order valence-electron chi connectivity index (χ4n) is 1.31. The first kappa shape index (κ1) is 15.1. The first-order valence-electron chi connectivity index (χ1n) is 5.91. The van der Waals surface area contributed by atoms with Gasteiger partial charge in [-0.25, -0.2) is 9.38 Å². The quantitative estimate of drug-likeness (QED) is 0.501. The molecule has 0 aliphatic rings. The highest BCUT2D eigenvalue weighted by molar-refractivity contribution is 6.04. The molecule has 0 heterocycles. The molecule has 19 heavy (non-hydrogen) atoms. The summed E-state index contributed by atoms with van der Waals surface area (Å²) in [5, 5.41) is 2.43. The van der Waals surface area contributed by atoms with Crippen LogP contribution in [0.1, 0.15) is 17.3 Å². The molecule has 1 aromatic rings. The Labute approximate surface area is 111 Å². The molecule has 5 nitrogen and oxygen atoms in total. The highest BCUT2D eigenvalue weighted by Gasteiger charge is 2.13. The molecule has 0 saturated heterocycles. The summed E-state index contributed by atoms with van der Waals surface area (Å²) in [5.41, 5.74) is -0.0540. The number of aliphatic imine (C=N–C) groups is 1. The number of ether oxygens (including phenoxy) is 2. The van der Waals surface area contributed by atoms with Crippen molar-refractivity contribution < 1.29 is 18.7 Å². The zero-order chi connectivity index (χ0) is 14.1. The first-order valence-corrected chi connectivity index (χ1v) is 5.91. The molecule has 104 valence electrons. The number of nitrogens with one attached hydrogen (secondary N) is 1. The molecule has 1 rings (SSSR count). The van der Waals surface area contributed by atoms with Gasteiger partial charge in [0.2, 0.25) is 0 Å². The van der Waals surface area contributed by atoms with Gasteiger partial charge >= 0.3 is 0 Å². The molecule has 1 N–H and O–H groups in total. The lowest BCUT2D eigenvalue weighted by molar-refractivity contribution is 0.0962. The summed E-state index contributed by atoms with van der Waals surface area (Å²) in [6.45, 7) is 2.87. The Morgan fingerprint density at radius 2 is 2.16 bits per heavy atom. The van der Waals surface area contributed by atoms with Crippen LogP contribution in [-0.2, 0) is 9.47 Å². The molecule has 0 aliphatic carbocycles. The van der Waals surface area contributed by atoms with Crippen LogP contribution in [0.5, 0.6) is 0 Å². The maximum Gasteiger partial charge on any atom is 0.291 e. The monoisotopic (exact) mass is 268 g/mol. The van der Waals surface area contributed by atoms with Crippen molar-refractivity contribution in [2.45, 2.75) is 6.92 Å². The molecule has 0 fully saturated rings. The van der Waals surface area contributed by atoms with E-state index >= 15 is 0 Å². The Morgan fingerprint density at radius 1 is 1.42 bits per heavy atom. The molecule has 0 radical (unpaired) electrons. The number of benzene rings is 1. The van der Waals surface area contributed by atoms with Crippen LogP contribution in [0.25, 0.3) is 0 Å². The van der Waals surface area contributed by atoms with Crippen LogP contribution in [0, 0.1) is 5.82 Å². The standard InChI is InChI=1S/C13H17FN2O3/c1-3-19-13(15-8-9-18-2)16-12(17)10-6-4-5-7-11(10)14/h4-7H,3,8-9H2,1-2H3,(H,15,16,17). The van der Waals surface area contributed by atoms with E-state index in [2.05, 4.69) is 10.3 Å². The fraction of sp³-hybridized carbons (Fsp3) is 0.385. The van der Waals surface area contributed by atoms with E-state index in [1.54, 1.807) is 20.1 Å². The van der Waals surface area contributed by atoms with E-state index in [1.807, 2.05) is 0 Å². The SMILES string of the molecule is CCOC(=NCCOC)NC(=O)c1ccccc1F. The van der Waals surface area contributed by atoms with E-state index in [0.717, 1.165) is 0 Å². The average Bonchev–Trinajstić information content (AvgIpc) is 2.39. The summed E-state index contributed by atoms with van der Waals surface area (Å²) in [4.78, 5) is 15.9. The third kappa shape index (κ3) is 5.05. The summed E-state index contributed by atoms with van der Waals surface area (Å²) in [5.74, 6) is -1.18. The van der Waals surface area contributed by atoms with Crippen molar-refractivity contribution in [3.63, 3.8) is 0 Å². The zero-order valence-electron chi connectivity index (χ0n) is 11.0. The minimum absolute atomic E-state index is 0.0540. The number of nitrogens with zero attached hydrogens (tertiary/aromatic N) is 1. The summed E-state index contributed by atoms with van der Waals surface area (Å²) in [6.07, 6.45) is 0. The normalized spacial score (nSPS) is 11.2. The van der Waals surface area contributed by atoms with E-state index in [1.165, 1.54) is 18.2 Å². The van der Waals surface area contributed by atoms with Crippen LogP contribution in [-0.4, -0.2) is 38.8 Å². The lowest BCUT2D eigenvalue weighted by Gasteiger charge is -2.09. The smallest absolute Gasteiger partial charge is 0.291 e. The largest absolute Gasteiger partial charge is 0.465 e. The van der Waals surface area contributed by atoms with Gasteiger partial charge in [-0.3, -0.25) is 10.1 Å². The van der Waals surface area contributed by atoms with Crippen LogP contribution in [0.4, 0.5) is 4.39 Å². The second-order valence-corrected chi connectivity index (χ2v) is 3.55. The fourth-order valence-corrected chi connectivity index (χ4v) is 1.31. The number of carbonyl (C=O) groups excluding carboxylic acids is 1. The molecule has 1 amide bonds. The second kappa shape index (κ2) is 8.20. The lowest BCUT2D eigenvalue weighted by Crippen LogP contribution is -2.33. The van der Waals surface area contributed by atoms with Crippen LogP contribution in [0.3, 0.4) is 0 Å². The Bertz CT molecular complexity index is 449. The number of amides is 1. The van der Waals surface area contributed by atoms with Crippen LogP contribution >= 0.6 is 0 Å². The maximum absolute atomic E-state index is 13.4. The number of halogens is 1. The molecule has 0 bridgehead atoms. The third-order valence-electron chi connectivity index (χ3n) is 2.17. The first-order chi connectivity index (χ1) is 9.19. The average molecular weight is 268 g/mol. The Kier molecular flexibility index (Phi) is 6.52. The maximum atomic E-state index is 13.4. The molecule has 0 atom stereocenters. The van der Waals surface area contributed by atoms with E-state index in [4.69, 9.17) is 9.47 Å². The van der Waals surface area contributed by atoms with Gasteiger partial charge in [0.05, 0.1) is 25.3 Å². The summed E-state index contributed by atoms with van der Waals surface area (Å²) in [6, 6.07) is 5.77. The number of methoxy groups -OCH3 is 1. The van der Waals surface area contributed by atoms with Crippen LogP contribution in [0.15, 0.2) is 29.3 Å². The summed E-state index contributed by atoms with van der Waals surface area (Å²) >= 11 is 0. The summed E-state index contributed by atoms with van der Waals surface area (Å²) in [7, 11) is 1.55. The lowest BCUT2D eigenvalue weighted by atomic mass is 10.2. The number of amidine groups is 1. The minimum Gasteiger partial charge on any atom is -0.465 e. The van der Waals surface area contributed by atoms with Gasteiger partial charge in [0, 0.05) is 7.11 Å². The van der Waals surface area contributed by atoms with Crippen molar-refractivity contribution in [2.24, 2.45) is 4.99 Å². The number of rotatable bonds is 5. The van der Waals surface area contributed by atoms with Crippen LogP contribution in [0.2, 0.25) is 0 Å². The second-order valence-electron chi connectivity index (χ2n) is 3.55. The Balaban J connectivity index is 2.71. The molecule has 0 unspecified atom stereocenters. The number of hydrogen-bond donors (Lipinski definition) is 1. The number of hydrogen-bond acceptors (Lipinski definition) is 4.